The lowest BCUT2D eigenvalue weighted by Crippen LogP contribution is -2.58. The molecule has 0 N–H and O–H groups in total. The van der Waals surface area contributed by atoms with E-state index < -0.39 is 8.32 Å². The summed E-state index contributed by atoms with van der Waals surface area (Å²) >= 11 is 0. The normalized spacial score (nSPS) is 36.7. The van der Waals surface area contributed by atoms with E-state index in [-0.39, 0.29) is 32.7 Å². The molecule has 3 nitrogen and oxygen atoms in total. The minimum absolute atomic E-state index is 0.0313. The molecule has 43 heavy (non-hydrogen) atoms. The van der Waals surface area contributed by atoms with Crippen LogP contribution in [0.15, 0.2) is 11.1 Å². The number of esters is 1. The average Bonchev–Trinajstić information content (AvgIpc) is 3.17. The minimum atomic E-state index is -1.86. The second-order valence-electron chi connectivity index (χ2n) is 18.6. The number of hydrogen-bond acceptors (Lipinski definition) is 3. The van der Waals surface area contributed by atoms with E-state index in [4.69, 9.17) is 9.16 Å². The lowest BCUT2D eigenvalue weighted by atomic mass is 9.42. The Morgan fingerprint density at radius 2 is 1.60 bits per heavy atom. The molecule has 0 saturated heterocycles. The maximum absolute atomic E-state index is 13.5. The smallest absolute Gasteiger partial charge is 0.306 e. The van der Waals surface area contributed by atoms with Crippen molar-refractivity contribution in [3.8, 4) is 0 Å². The largest absolute Gasteiger partial charge is 0.466 e. The number of carbonyl (C=O) groups excluding carboxylic acids is 1. The summed E-state index contributed by atoms with van der Waals surface area (Å²) in [6, 6.07) is 0. The molecule has 4 aliphatic carbocycles. The molecule has 4 heteroatoms. The first-order chi connectivity index (χ1) is 19.8. The molecule has 2 fully saturated rings. The maximum atomic E-state index is 13.5. The summed E-state index contributed by atoms with van der Waals surface area (Å²) in [4.78, 5) is 13.5. The van der Waals surface area contributed by atoms with Crippen molar-refractivity contribution in [2.45, 2.75) is 177 Å². The van der Waals surface area contributed by atoms with E-state index in [1.807, 2.05) is 6.92 Å². The van der Waals surface area contributed by atoms with Crippen LogP contribution in [0.1, 0.15) is 153 Å². The first-order valence-corrected chi connectivity index (χ1v) is 21.2. The fraction of sp³-hybridized carbons (Fsp3) is 0.923. The second kappa shape index (κ2) is 12.2. The molecular formula is C39H70O3Si. The predicted octanol–water partition coefficient (Wildman–Crippen LogP) is 11.5. The molecule has 0 aromatic heterocycles. The lowest BCUT2D eigenvalue weighted by molar-refractivity contribution is -0.148. The molecule has 0 aliphatic heterocycles. The average molecular weight is 615 g/mol. The van der Waals surface area contributed by atoms with E-state index in [2.05, 4.69) is 82.3 Å². The van der Waals surface area contributed by atoms with Gasteiger partial charge < -0.3 is 9.16 Å². The Balaban J connectivity index is 1.71. The number of carbonyl (C=O) groups is 1. The molecule has 0 amide bonds. The van der Waals surface area contributed by atoms with Crippen molar-refractivity contribution in [2.24, 2.45) is 45.3 Å². The number of ether oxygens (including phenoxy) is 1. The second-order valence-corrected chi connectivity index (χ2v) is 23.4. The van der Waals surface area contributed by atoms with Crippen LogP contribution in [-0.2, 0) is 14.0 Å². The van der Waals surface area contributed by atoms with Gasteiger partial charge in [0.05, 0.1) is 19.1 Å². The SMILES string of the molecule is CCOC(=O)C[C@@]12CC[C@H]([C@H](C)CCCC(C)C)[C@@]1(C)CCC1=C2CCC2C(C)(C)[C@@H](O[Si](C)(C)C(C)(C)C)CC[C@]12C. The zero-order valence-corrected chi connectivity index (χ0v) is 31.8. The van der Waals surface area contributed by atoms with Gasteiger partial charge in [0, 0.05) is 5.41 Å². The quantitative estimate of drug-likeness (QED) is 0.139. The van der Waals surface area contributed by atoms with Gasteiger partial charge in [0.25, 0.3) is 0 Å². The highest BCUT2D eigenvalue weighted by atomic mass is 28.4. The fourth-order valence-corrected chi connectivity index (χ4v) is 12.5. The first kappa shape index (κ1) is 35.2. The van der Waals surface area contributed by atoms with E-state index in [1.165, 1.54) is 57.8 Å². The molecule has 0 aromatic rings. The van der Waals surface area contributed by atoms with E-state index in [0.717, 1.165) is 18.8 Å². The zero-order chi connectivity index (χ0) is 32.2. The predicted molar refractivity (Wildman–Crippen MR) is 185 cm³/mol. The van der Waals surface area contributed by atoms with Gasteiger partial charge in [-0.05, 0) is 116 Å². The van der Waals surface area contributed by atoms with Crippen LogP contribution in [0.5, 0.6) is 0 Å². The van der Waals surface area contributed by atoms with Crippen molar-refractivity contribution in [3.05, 3.63) is 11.1 Å². The van der Waals surface area contributed by atoms with Gasteiger partial charge in [-0.2, -0.15) is 0 Å². The van der Waals surface area contributed by atoms with E-state index >= 15 is 0 Å². The van der Waals surface area contributed by atoms with E-state index in [0.29, 0.717) is 36.9 Å². The molecule has 7 atom stereocenters. The van der Waals surface area contributed by atoms with Crippen LogP contribution < -0.4 is 0 Å². The van der Waals surface area contributed by atoms with Gasteiger partial charge in [-0.3, -0.25) is 4.79 Å². The monoisotopic (exact) mass is 615 g/mol. The molecule has 1 unspecified atom stereocenters. The van der Waals surface area contributed by atoms with Crippen LogP contribution in [0.2, 0.25) is 18.1 Å². The van der Waals surface area contributed by atoms with Gasteiger partial charge in [0.15, 0.2) is 8.32 Å². The third kappa shape index (κ3) is 6.01. The standard InChI is InChI=1S/C39H70O3Si/c1-14-41-34(40)26-39-25-21-29(28(4)17-15-16-27(2)3)38(39,11)24-20-30-31(39)18-19-32-36(8,9)33(22-23-37(30,32)10)42-43(12,13)35(5,6)7/h27-29,32-33H,14-26H2,1-13H3/t28-,29-,32?,33+,37-,38-,39-/m1/s1. The summed E-state index contributed by atoms with van der Waals surface area (Å²) in [6.45, 7) is 32.0. The van der Waals surface area contributed by atoms with Crippen molar-refractivity contribution in [1.82, 2.24) is 0 Å². The van der Waals surface area contributed by atoms with Crippen LogP contribution >= 0.6 is 0 Å². The summed E-state index contributed by atoms with van der Waals surface area (Å²) in [6.07, 6.45) is 14.6. The van der Waals surface area contributed by atoms with Crippen LogP contribution in [0.4, 0.5) is 0 Å². The van der Waals surface area contributed by atoms with E-state index in [9.17, 15) is 4.79 Å². The van der Waals surface area contributed by atoms with Crippen molar-refractivity contribution in [3.63, 3.8) is 0 Å². The highest BCUT2D eigenvalue weighted by molar-refractivity contribution is 6.74. The Bertz CT molecular complexity index is 1050. The van der Waals surface area contributed by atoms with Crippen LogP contribution in [0.25, 0.3) is 0 Å². The maximum Gasteiger partial charge on any atom is 0.306 e. The molecule has 4 rings (SSSR count). The Labute approximate surface area is 268 Å². The first-order valence-electron chi connectivity index (χ1n) is 18.3. The van der Waals surface area contributed by atoms with Crippen LogP contribution in [0, 0.1) is 45.3 Å². The van der Waals surface area contributed by atoms with Crippen molar-refractivity contribution < 1.29 is 14.0 Å². The fourth-order valence-electron chi connectivity index (χ4n) is 11.0. The van der Waals surface area contributed by atoms with Crippen LogP contribution in [0.3, 0.4) is 0 Å². The van der Waals surface area contributed by atoms with Gasteiger partial charge in [-0.1, -0.05) is 99.6 Å². The third-order valence-electron chi connectivity index (χ3n) is 14.5. The lowest BCUT2D eigenvalue weighted by Gasteiger charge is -2.63. The molecule has 0 bridgehead atoms. The highest BCUT2D eigenvalue weighted by Gasteiger charge is 2.66. The minimum Gasteiger partial charge on any atom is -0.466 e. The number of allylic oxidation sites excluding steroid dienone is 2. The topological polar surface area (TPSA) is 35.5 Å². The Kier molecular flexibility index (Phi) is 10.00. The molecule has 4 aliphatic rings. The summed E-state index contributed by atoms with van der Waals surface area (Å²) in [5.74, 6) is 2.84. The van der Waals surface area contributed by atoms with Crippen molar-refractivity contribution in [1.29, 1.82) is 0 Å². The molecule has 0 radical (unpaired) electrons. The Hall–Kier alpha value is -0.613. The Morgan fingerprint density at radius 3 is 2.21 bits per heavy atom. The molecular weight excluding hydrogens is 545 g/mol. The van der Waals surface area contributed by atoms with Gasteiger partial charge >= 0.3 is 5.97 Å². The molecule has 0 aromatic carbocycles. The third-order valence-corrected chi connectivity index (χ3v) is 19.0. The summed E-state index contributed by atoms with van der Waals surface area (Å²) in [5.41, 5.74) is 3.96. The molecule has 0 spiro atoms. The molecule has 2 saturated carbocycles. The van der Waals surface area contributed by atoms with Gasteiger partial charge in [0.1, 0.15) is 0 Å². The van der Waals surface area contributed by atoms with Gasteiger partial charge in [-0.25, -0.2) is 0 Å². The van der Waals surface area contributed by atoms with E-state index in [1.54, 1.807) is 11.1 Å². The summed E-state index contributed by atoms with van der Waals surface area (Å²) in [5, 5.41) is 0.227. The van der Waals surface area contributed by atoms with Crippen LogP contribution in [-0.4, -0.2) is 27.0 Å². The molecule has 0 heterocycles. The number of hydrogen-bond donors (Lipinski definition) is 0. The summed E-state index contributed by atoms with van der Waals surface area (Å²) in [7, 11) is -1.86. The zero-order valence-electron chi connectivity index (χ0n) is 30.8. The number of rotatable bonds is 10. The van der Waals surface area contributed by atoms with Gasteiger partial charge in [0.2, 0.25) is 0 Å². The van der Waals surface area contributed by atoms with Crippen molar-refractivity contribution in [2.75, 3.05) is 6.61 Å². The highest BCUT2D eigenvalue weighted by Crippen LogP contribution is 2.74. The van der Waals surface area contributed by atoms with Crippen molar-refractivity contribution >= 4 is 14.3 Å². The van der Waals surface area contributed by atoms with Gasteiger partial charge in [-0.15, -0.1) is 0 Å². The Morgan fingerprint density at radius 1 is 0.930 bits per heavy atom. The number of fused-ring (bicyclic) bond motifs is 4. The summed E-state index contributed by atoms with van der Waals surface area (Å²) < 4.78 is 13.0. The molecule has 248 valence electrons.